The first-order chi connectivity index (χ1) is 19.8. The van der Waals surface area contributed by atoms with Gasteiger partial charge in [0.15, 0.2) is 11.5 Å². The van der Waals surface area contributed by atoms with Gasteiger partial charge in [0.1, 0.15) is 31.5 Å². The highest BCUT2D eigenvalue weighted by Gasteiger charge is 2.34. The Kier molecular flexibility index (Phi) is 9.72. The minimum Gasteiger partial charge on any atom is -0.497 e. The van der Waals surface area contributed by atoms with Crippen LogP contribution in [-0.4, -0.2) is 64.6 Å². The van der Waals surface area contributed by atoms with Crippen LogP contribution in [-0.2, 0) is 26.2 Å². The van der Waals surface area contributed by atoms with Crippen molar-refractivity contribution >= 4 is 27.5 Å². The van der Waals surface area contributed by atoms with E-state index in [4.69, 9.17) is 14.2 Å². The molecular weight excluding hydrogens is 546 g/mol. The number of likely N-dealkylation sites (N-methyl/N-ethyl adjacent to an activating group) is 1. The van der Waals surface area contributed by atoms with Crippen LogP contribution in [0.2, 0.25) is 0 Å². The normalized spacial score (nSPS) is 13.1. The van der Waals surface area contributed by atoms with E-state index in [2.05, 4.69) is 5.32 Å². The molecule has 10 nitrogen and oxygen atoms in total. The number of carbonyl (C=O) groups excluding carboxylic acids is 2. The lowest BCUT2D eigenvalue weighted by Crippen LogP contribution is -2.52. The molecule has 0 saturated carbocycles. The van der Waals surface area contributed by atoms with Crippen molar-refractivity contribution in [3.8, 4) is 17.2 Å². The highest BCUT2D eigenvalue weighted by atomic mass is 32.2. The van der Waals surface area contributed by atoms with Gasteiger partial charge in [-0.15, -0.1) is 0 Å². The van der Waals surface area contributed by atoms with Crippen LogP contribution in [0.3, 0.4) is 0 Å². The molecule has 0 saturated heterocycles. The zero-order chi connectivity index (χ0) is 29.4. The third-order valence-electron chi connectivity index (χ3n) is 6.65. The molecule has 0 aliphatic carbocycles. The summed E-state index contributed by atoms with van der Waals surface area (Å²) >= 11 is 0. The SMILES string of the molecule is CCNC(=O)[C@H](CC)N(Cc1cccc(OC)c1)C(=O)CN(c1ccc2c(c1)OCCO2)S(=O)(=O)c1ccccc1. The Hall–Kier alpha value is -4.25. The van der Waals surface area contributed by atoms with E-state index in [9.17, 15) is 18.0 Å². The summed E-state index contributed by atoms with van der Waals surface area (Å²) in [5.41, 5.74) is 0.969. The highest BCUT2D eigenvalue weighted by molar-refractivity contribution is 7.92. The van der Waals surface area contributed by atoms with Crippen molar-refractivity contribution in [3.05, 3.63) is 78.4 Å². The topological polar surface area (TPSA) is 114 Å². The molecule has 1 atom stereocenters. The monoisotopic (exact) mass is 581 g/mol. The fourth-order valence-corrected chi connectivity index (χ4v) is 6.04. The molecule has 0 aromatic heterocycles. The molecule has 218 valence electrons. The summed E-state index contributed by atoms with van der Waals surface area (Å²) in [6.07, 6.45) is 0.330. The number of hydrogen-bond donors (Lipinski definition) is 1. The van der Waals surface area contributed by atoms with Crippen molar-refractivity contribution in [3.63, 3.8) is 0 Å². The largest absolute Gasteiger partial charge is 0.497 e. The second-order valence-electron chi connectivity index (χ2n) is 9.34. The maximum Gasteiger partial charge on any atom is 0.264 e. The predicted octanol–water partition coefficient (Wildman–Crippen LogP) is 3.61. The summed E-state index contributed by atoms with van der Waals surface area (Å²) in [5.74, 6) is 0.621. The lowest BCUT2D eigenvalue weighted by Gasteiger charge is -2.33. The fraction of sp³-hybridized carbons (Fsp3) is 0.333. The van der Waals surface area contributed by atoms with E-state index in [0.29, 0.717) is 43.4 Å². The number of benzene rings is 3. The first-order valence-electron chi connectivity index (χ1n) is 13.5. The summed E-state index contributed by atoms with van der Waals surface area (Å²) < 4.78 is 45.6. The van der Waals surface area contributed by atoms with Gasteiger partial charge >= 0.3 is 0 Å². The van der Waals surface area contributed by atoms with Gasteiger partial charge in [-0.3, -0.25) is 13.9 Å². The van der Waals surface area contributed by atoms with Crippen molar-refractivity contribution in [2.75, 3.05) is 37.7 Å². The Bertz CT molecular complexity index is 1460. The number of hydrogen-bond acceptors (Lipinski definition) is 7. The van der Waals surface area contributed by atoms with Crippen molar-refractivity contribution in [1.29, 1.82) is 0 Å². The number of amides is 2. The zero-order valence-corrected chi connectivity index (χ0v) is 24.2. The van der Waals surface area contributed by atoms with Crippen molar-refractivity contribution in [2.45, 2.75) is 37.8 Å². The van der Waals surface area contributed by atoms with E-state index >= 15 is 0 Å². The Balaban J connectivity index is 1.76. The molecule has 3 aromatic carbocycles. The van der Waals surface area contributed by atoms with Crippen LogP contribution in [0.25, 0.3) is 0 Å². The molecule has 1 aliphatic heterocycles. The van der Waals surface area contributed by atoms with Gasteiger partial charge in [0.05, 0.1) is 17.7 Å². The third kappa shape index (κ3) is 6.91. The van der Waals surface area contributed by atoms with Crippen LogP contribution < -0.4 is 23.8 Å². The van der Waals surface area contributed by atoms with Gasteiger partial charge < -0.3 is 24.4 Å². The third-order valence-corrected chi connectivity index (χ3v) is 8.44. The van der Waals surface area contributed by atoms with Crippen LogP contribution in [0.1, 0.15) is 25.8 Å². The number of sulfonamides is 1. The summed E-state index contributed by atoms with van der Waals surface area (Å²) in [6, 6.07) is 19.0. The molecule has 2 amide bonds. The molecule has 0 fully saturated rings. The van der Waals surface area contributed by atoms with Gasteiger partial charge in [0, 0.05) is 19.2 Å². The Morgan fingerprint density at radius 3 is 2.37 bits per heavy atom. The molecule has 0 radical (unpaired) electrons. The fourth-order valence-electron chi connectivity index (χ4n) is 4.61. The number of fused-ring (bicyclic) bond motifs is 1. The smallest absolute Gasteiger partial charge is 0.264 e. The Labute approximate surface area is 240 Å². The first-order valence-corrected chi connectivity index (χ1v) is 14.9. The summed E-state index contributed by atoms with van der Waals surface area (Å²) in [6.45, 7) is 4.24. The molecule has 0 unspecified atom stereocenters. The molecule has 1 heterocycles. The highest BCUT2D eigenvalue weighted by Crippen LogP contribution is 2.36. The van der Waals surface area contributed by atoms with E-state index < -0.39 is 28.5 Å². The number of nitrogens with zero attached hydrogens (tertiary/aromatic N) is 2. The summed E-state index contributed by atoms with van der Waals surface area (Å²) in [5, 5.41) is 2.80. The maximum absolute atomic E-state index is 14.1. The molecular formula is C30H35N3O7S. The quantitative estimate of drug-likeness (QED) is 0.348. The number of rotatable bonds is 12. The number of methoxy groups -OCH3 is 1. The van der Waals surface area contributed by atoms with Crippen molar-refractivity contribution in [2.24, 2.45) is 0 Å². The zero-order valence-electron chi connectivity index (χ0n) is 23.4. The van der Waals surface area contributed by atoms with Crippen LogP contribution in [0.5, 0.6) is 17.2 Å². The maximum atomic E-state index is 14.1. The van der Waals surface area contributed by atoms with Crippen LogP contribution in [0.15, 0.2) is 77.7 Å². The second kappa shape index (κ2) is 13.4. The predicted molar refractivity (Wildman–Crippen MR) is 155 cm³/mol. The van der Waals surface area contributed by atoms with Crippen LogP contribution >= 0.6 is 0 Å². The lowest BCUT2D eigenvalue weighted by molar-refractivity contribution is -0.140. The molecule has 11 heteroatoms. The minimum atomic E-state index is -4.19. The number of anilines is 1. The molecule has 1 N–H and O–H groups in total. The van der Waals surface area contributed by atoms with Crippen molar-refractivity contribution < 1.29 is 32.2 Å². The number of ether oxygens (including phenoxy) is 3. The summed E-state index contributed by atoms with van der Waals surface area (Å²) in [4.78, 5) is 28.6. The Morgan fingerprint density at radius 1 is 0.951 bits per heavy atom. The van der Waals surface area contributed by atoms with Gasteiger partial charge in [-0.1, -0.05) is 37.3 Å². The van der Waals surface area contributed by atoms with Crippen LogP contribution in [0, 0.1) is 0 Å². The summed E-state index contributed by atoms with van der Waals surface area (Å²) in [7, 11) is -2.64. The van der Waals surface area contributed by atoms with Gasteiger partial charge in [-0.05, 0) is 55.3 Å². The molecule has 4 rings (SSSR count). The molecule has 3 aromatic rings. The van der Waals surface area contributed by atoms with E-state index in [1.54, 1.807) is 68.6 Å². The van der Waals surface area contributed by atoms with Gasteiger partial charge in [0.25, 0.3) is 10.0 Å². The van der Waals surface area contributed by atoms with E-state index in [-0.39, 0.29) is 23.0 Å². The van der Waals surface area contributed by atoms with E-state index in [1.807, 2.05) is 13.0 Å². The van der Waals surface area contributed by atoms with Crippen LogP contribution in [0.4, 0.5) is 5.69 Å². The second-order valence-corrected chi connectivity index (χ2v) is 11.2. The molecule has 1 aliphatic rings. The average Bonchev–Trinajstić information content (AvgIpc) is 3.00. The average molecular weight is 582 g/mol. The standard InChI is InChI=1S/C30H35N3O7S/c1-4-26(30(35)31-5-2)32(20-22-10-9-11-24(18-22)38-3)29(34)21-33(41(36,37)25-12-7-6-8-13-25)23-14-15-27-28(19-23)40-17-16-39-27/h6-15,18-19,26H,4-5,16-17,20-21H2,1-3H3,(H,31,35)/t26-/m0/s1. The molecule has 0 spiro atoms. The molecule has 0 bridgehead atoms. The van der Waals surface area contributed by atoms with Gasteiger partial charge in [0.2, 0.25) is 11.8 Å². The minimum absolute atomic E-state index is 0.0257. The Morgan fingerprint density at radius 2 is 1.68 bits per heavy atom. The number of nitrogens with one attached hydrogen (secondary N) is 1. The first kappa shape index (κ1) is 29.7. The number of carbonyl (C=O) groups is 2. The molecule has 41 heavy (non-hydrogen) atoms. The van der Waals surface area contributed by atoms with E-state index in [1.165, 1.54) is 17.0 Å². The van der Waals surface area contributed by atoms with Gasteiger partial charge in [-0.2, -0.15) is 0 Å². The van der Waals surface area contributed by atoms with Crippen molar-refractivity contribution in [1.82, 2.24) is 10.2 Å². The lowest BCUT2D eigenvalue weighted by atomic mass is 10.1. The van der Waals surface area contributed by atoms with Gasteiger partial charge in [-0.25, -0.2) is 8.42 Å². The van der Waals surface area contributed by atoms with E-state index in [0.717, 1.165) is 9.87 Å².